The SMILES string of the molecule is CCC(=O)Nc1cccc(NC(=O)c2ccc(OCCc3ccccc3)c(Br)c2)c1. The summed E-state index contributed by atoms with van der Waals surface area (Å²) in [7, 11) is 0. The molecule has 3 rings (SSSR count). The molecule has 5 nitrogen and oxygen atoms in total. The van der Waals surface area contributed by atoms with Crippen LogP contribution in [0.5, 0.6) is 5.75 Å². The summed E-state index contributed by atoms with van der Waals surface area (Å²) >= 11 is 3.48. The molecule has 154 valence electrons. The fourth-order valence-corrected chi connectivity index (χ4v) is 3.30. The van der Waals surface area contributed by atoms with Gasteiger partial charge in [0, 0.05) is 29.8 Å². The number of ether oxygens (including phenoxy) is 1. The molecule has 3 aromatic rings. The fourth-order valence-electron chi connectivity index (χ4n) is 2.81. The fraction of sp³-hybridized carbons (Fsp3) is 0.167. The molecular formula is C24H23BrN2O3. The second-order valence-electron chi connectivity index (χ2n) is 6.67. The zero-order valence-electron chi connectivity index (χ0n) is 16.7. The van der Waals surface area contributed by atoms with Gasteiger partial charge in [-0.05, 0) is 57.9 Å². The Hall–Kier alpha value is -3.12. The highest BCUT2D eigenvalue weighted by molar-refractivity contribution is 9.10. The predicted molar refractivity (Wildman–Crippen MR) is 123 cm³/mol. The van der Waals surface area contributed by atoms with Gasteiger partial charge in [-0.2, -0.15) is 0 Å². The maximum atomic E-state index is 12.6. The van der Waals surface area contributed by atoms with Crippen molar-refractivity contribution in [3.8, 4) is 5.75 Å². The summed E-state index contributed by atoms with van der Waals surface area (Å²) < 4.78 is 6.55. The number of hydrogen-bond acceptors (Lipinski definition) is 3. The molecule has 0 spiro atoms. The molecule has 0 aliphatic carbocycles. The first kappa shape index (κ1) is 21.6. The minimum atomic E-state index is -0.245. The molecule has 0 bridgehead atoms. The third-order valence-electron chi connectivity index (χ3n) is 4.41. The normalized spacial score (nSPS) is 10.3. The van der Waals surface area contributed by atoms with E-state index in [4.69, 9.17) is 4.74 Å². The van der Waals surface area contributed by atoms with Gasteiger partial charge in [-0.1, -0.05) is 43.3 Å². The highest BCUT2D eigenvalue weighted by Gasteiger charge is 2.10. The van der Waals surface area contributed by atoms with Gasteiger partial charge < -0.3 is 15.4 Å². The predicted octanol–water partition coefficient (Wildman–Crippen LogP) is 5.67. The Morgan fingerprint density at radius 1 is 0.900 bits per heavy atom. The zero-order valence-corrected chi connectivity index (χ0v) is 18.2. The number of halogens is 1. The molecule has 0 unspecified atom stereocenters. The maximum absolute atomic E-state index is 12.6. The Balaban J connectivity index is 1.59. The molecule has 2 N–H and O–H groups in total. The van der Waals surface area contributed by atoms with E-state index < -0.39 is 0 Å². The van der Waals surface area contributed by atoms with E-state index in [-0.39, 0.29) is 11.8 Å². The number of anilines is 2. The van der Waals surface area contributed by atoms with Crippen molar-refractivity contribution in [3.05, 3.63) is 88.4 Å². The molecule has 2 amide bonds. The molecular weight excluding hydrogens is 444 g/mol. The van der Waals surface area contributed by atoms with Crippen LogP contribution in [0.3, 0.4) is 0 Å². The number of hydrogen-bond donors (Lipinski definition) is 2. The molecule has 0 fully saturated rings. The van der Waals surface area contributed by atoms with Gasteiger partial charge in [-0.15, -0.1) is 0 Å². The van der Waals surface area contributed by atoms with Gasteiger partial charge in [0.25, 0.3) is 5.91 Å². The Bertz CT molecular complexity index is 1020. The van der Waals surface area contributed by atoms with Gasteiger partial charge in [0.05, 0.1) is 11.1 Å². The monoisotopic (exact) mass is 466 g/mol. The van der Waals surface area contributed by atoms with Crippen molar-refractivity contribution in [3.63, 3.8) is 0 Å². The number of carbonyl (C=O) groups is 2. The van der Waals surface area contributed by atoms with Crippen molar-refractivity contribution < 1.29 is 14.3 Å². The van der Waals surface area contributed by atoms with E-state index in [0.29, 0.717) is 40.2 Å². The smallest absolute Gasteiger partial charge is 0.255 e. The van der Waals surface area contributed by atoms with Crippen molar-refractivity contribution in [2.24, 2.45) is 0 Å². The minimum absolute atomic E-state index is 0.0785. The molecule has 0 heterocycles. The Kier molecular flexibility index (Phi) is 7.63. The van der Waals surface area contributed by atoms with Gasteiger partial charge in [0.1, 0.15) is 5.75 Å². The van der Waals surface area contributed by atoms with Crippen molar-refractivity contribution in [1.82, 2.24) is 0 Å². The zero-order chi connectivity index (χ0) is 21.3. The van der Waals surface area contributed by atoms with Crippen molar-refractivity contribution in [2.45, 2.75) is 19.8 Å². The molecule has 0 saturated carbocycles. The number of carbonyl (C=O) groups excluding carboxylic acids is 2. The lowest BCUT2D eigenvalue weighted by molar-refractivity contribution is -0.115. The third-order valence-corrected chi connectivity index (χ3v) is 5.03. The van der Waals surface area contributed by atoms with Gasteiger partial charge in [-0.3, -0.25) is 9.59 Å². The second-order valence-corrected chi connectivity index (χ2v) is 7.52. The van der Waals surface area contributed by atoms with Crippen molar-refractivity contribution in [2.75, 3.05) is 17.2 Å². The van der Waals surface area contributed by atoms with Crippen LogP contribution in [-0.4, -0.2) is 18.4 Å². The second kappa shape index (κ2) is 10.6. The van der Waals surface area contributed by atoms with E-state index in [2.05, 4.69) is 38.7 Å². The van der Waals surface area contributed by atoms with E-state index >= 15 is 0 Å². The molecule has 0 atom stereocenters. The number of rotatable bonds is 8. The average Bonchev–Trinajstić information content (AvgIpc) is 2.75. The summed E-state index contributed by atoms with van der Waals surface area (Å²) in [5.74, 6) is 0.363. The summed E-state index contributed by atoms with van der Waals surface area (Å²) in [5, 5.41) is 5.63. The topological polar surface area (TPSA) is 67.4 Å². The minimum Gasteiger partial charge on any atom is -0.492 e. The van der Waals surface area contributed by atoms with E-state index in [1.54, 1.807) is 49.4 Å². The molecule has 6 heteroatoms. The van der Waals surface area contributed by atoms with Gasteiger partial charge in [0.2, 0.25) is 5.91 Å². The van der Waals surface area contributed by atoms with Crippen LogP contribution in [0.15, 0.2) is 77.3 Å². The third kappa shape index (κ3) is 6.19. The standard InChI is InChI=1S/C24H23BrN2O3/c1-2-23(28)26-19-9-6-10-20(16-19)27-24(29)18-11-12-22(21(25)15-18)30-14-13-17-7-4-3-5-8-17/h3-12,15-16H,2,13-14H2,1H3,(H,26,28)(H,27,29). The molecule has 0 radical (unpaired) electrons. The van der Waals surface area contributed by atoms with Crippen LogP contribution in [0.1, 0.15) is 29.3 Å². The van der Waals surface area contributed by atoms with Crippen LogP contribution in [0, 0.1) is 0 Å². The Labute approximate surface area is 184 Å². The highest BCUT2D eigenvalue weighted by Crippen LogP contribution is 2.27. The molecule has 30 heavy (non-hydrogen) atoms. The Morgan fingerprint density at radius 2 is 1.63 bits per heavy atom. The quantitative estimate of drug-likeness (QED) is 0.449. The largest absolute Gasteiger partial charge is 0.492 e. The lowest BCUT2D eigenvalue weighted by atomic mass is 10.1. The van der Waals surface area contributed by atoms with Crippen LogP contribution in [-0.2, 0) is 11.2 Å². The first-order chi connectivity index (χ1) is 14.5. The molecule has 0 aliphatic rings. The van der Waals surface area contributed by atoms with Crippen LogP contribution < -0.4 is 15.4 Å². The van der Waals surface area contributed by atoms with Crippen LogP contribution in [0.2, 0.25) is 0 Å². The van der Waals surface area contributed by atoms with Gasteiger partial charge >= 0.3 is 0 Å². The summed E-state index contributed by atoms with van der Waals surface area (Å²) in [4.78, 5) is 24.2. The first-order valence-electron chi connectivity index (χ1n) is 9.72. The van der Waals surface area contributed by atoms with Gasteiger partial charge in [0.15, 0.2) is 0 Å². The van der Waals surface area contributed by atoms with Crippen LogP contribution >= 0.6 is 15.9 Å². The summed E-state index contributed by atoms with van der Waals surface area (Å²) in [6, 6.07) is 22.4. The van der Waals surface area contributed by atoms with E-state index in [1.807, 2.05) is 18.2 Å². The van der Waals surface area contributed by atoms with Crippen molar-refractivity contribution in [1.29, 1.82) is 0 Å². The number of nitrogens with one attached hydrogen (secondary N) is 2. The number of benzene rings is 3. The summed E-state index contributed by atoms with van der Waals surface area (Å²) in [5.41, 5.74) is 2.96. The van der Waals surface area contributed by atoms with E-state index in [1.165, 1.54) is 5.56 Å². The van der Waals surface area contributed by atoms with E-state index in [0.717, 1.165) is 6.42 Å². The first-order valence-corrected chi connectivity index (χ1v) is 10.5. The van der Waals surface area contributed by atoms with Crippen molar-refractivity contribution >= 4 is 39.1 Å². The highest BCUT2D eigenvalue weighted by atomic mass is 79.9. The average molecular weight is 467 g/mol. The van der Waals surface area contributed by atoms with Crippen LogP contribution in [0.4, 0.5) is 11.4 Å². The summed E-state index contributed by atoms with van der Waals surface area (Å²) in [6.45, 7) is 2.33. The van der Waals surface area contributed by atoms with Gasteiger partial charge in [-0.25, -0.2) is 0 Å². The maximum Gasteiger partial charge on any atom is 0.255 e. The van der Waals surface area contributed by atoms with E-state index in [9.17, 15) is 9.59 Å². The number of amides is 2. The molecule has 0 saturated heterocycles. The molecule has 0 aliphatic heterocycles. The molecule has 3 aromatic carbocycles. The Morgan fingerprint density at radius 3 is 2.33 bits per heavy atom. The van der Waals surface area contributed by atoms with Crippen LogP contribution in [0.25, 0.3) is 0 Å². The lowest BCUT2D eigenvalue weighted by Gasteiger charge is -2.11. The lowest BCUT2D eigenvalue weighted by Crippen LogP contribution is -2.13. The molecule has 0 aromatic heterocycles. The summed E-state index contributed by atoms with van der Waals surface area (Å²) in [6.07, 6.45) is 1.20.